The fraction of sp³-hybridized carbons (Fsp3) is 0.0667. The summed E-state index contributed by atoms with van der Waals surface area (Å²) in [6, 6.07) is 15.0. The van der Waals surface area contributed by atoms with Crippen LogP contribution in [-0.4, -0.2) is 0 Å². The molecule has 0 saturated heterocycles. The third kappa shape index (κ3) is 2.85. The van der Waals surface area contributed by atoms with Crippen LogP contribution < -0.4 is 4.74 Å². The Morgan fingerprint density at radius 3 is 2.24 bits per heavy atom. The number of benzene rings is 2. The van der Waals surface area contributed by atoms with Crippen LogP contribution >= 0.6 is 0 Å². The van der Waals surface area contributed by atoms with E-state index in [-0.39, 0.29) is 5.82 Å². The van der Waals surface area contributed by atoms with Crippen molar-refractivity contribution in [3.8, 4) is 11.7 Å². The molecule has 0 aliphatic rings. The van der Waals surface area contributed by atoms with Gasteiger partial charge in [-0.05, 0) is 36.6 Å². The van der Waals surface area contributed by atoms with E-state index >= 15 is 0 Å². The quantitative estimate of drug-likeness (QED) is 0.726. The largest absolute Gasteiger partial charge is 0.473 e. The van der Waals surface area contributed by atoms with Gasteiger partial charge in [-0.2, -0.15) is 0 Å². The zero-order valence-electron chi connectivity index (χ0n) is 9.06. The van der Waals surface area contributed by atoms with Crippen molar-refractivity contribution in [2.45, 2.75) is 6.10 Å². The highest BCUT2D eigenvalue weighted by Crippen LogP contribution is 2.21. The zero-order chi connectivity index (χ0) is 12.1. The molecular weight excluding hydrogens is 215 g/mol. The molecule has 2 rings (SSSR count). The van der Waals surface area contributed by atoms with E-state index in [1.54, 1.807) is 0 Å². The molecule has 17 heavy (non-hydrogen) atoms. The molecule has 0 fully saturated rings. The molecule has 0 spiro atoms. The summed E-state index contributed by atoms with van der Waals surface area (Å²) < 4.78 is 18.3. The number of halogens is 1. The standard InChI is InChI=1S/C15H10FO/c1-2-15(12-6-4-3-5-7-12)17-14-10-8-13(16)9-11-14/h3-11,15H/t15-/m1/s1. The average molecular weight is 225 g/mol. The van der Waals surface area contributed by atoms with Crippen LogP contribution in [0.1, 0.15) is 11.7 Å². The van der Waals surface area contributed by atoms with Crippen molar-refractivity contribution >= 4 is 0 Å². The van der Waals surface area contributed by atoms with E-state index in [1.165, 1.54) is 24.3 Å². The maximum absolute atomic E-state index is 12.7. The topological polar surface area (TPSA) is 9.23 Å². The summed E-state index contributed by atoms with van der Waals surface area (Å²) in [6.45, 7) is 0. The molecule has 0 unspecified atom stereocenters. The summed E-state index contributed by atoms with van der Waals surface area (Å²) >= 11 is 0. The molecule has 0 amide bonds. The lowest BCUT2D eigenvalue weighted by atomic mass is 10.1. The smallest absolute Gasteiger partial charge is 0.185 e. The predicted octanol–water partition coefficient (Wildman–Crippen LogP) is 3.54. The summed E-state index contributed by atoms with van der Waals surface area (Å²) in [6.07, 6.45) is 6.67. The van der Waals surface area contributed by atoms with Crippen molar-refractivity contribution in [2.24, 2.45) is 0 Å². The lowest BCUT2D eigenvalue weighted by Gasteiger charge is -2.13. The van der Waals surface area contributed by atoms with Crippen molar-refractivity contribution in [3.05, 3.63) is 72.4 Å². The predicted molar refractivity (Wildman–Crippen MR) is 63.3 cm³/mol. The first kappa shape index (κ1) is 11.2. The minimum atomic E-state index is -0.568. The third-order valence-electron chi connectivity index (χ3n) is 2.30. The minimum absolute atomic E-state index is 0.313. The summed E-state index contributed by atoms with van der Waals surface area (Å²) in [5.74, 6) is 2.52. The van der Waals surface area contributed by atoms with Crippen LogP contribution in [0, 0.1) is 18.2 Å². The van der Waals surface area contributed by atoms with Gasteiger partial charge in [0.25, 0.3) is 0 Å². The summed E-state index contributed by atoms with van der Waals surface area (Å²) in [5.41, 5.74) is 0.840. The average Bonchev–Trinajstić information content (AvgIpc) is 2.39. The molecule has 0 heterocycles. The molecule has 0 aliphatic heterocycles. The highest BCUT2D eigenvalue weighted by Gasteiger charge is 2.09. The van der Waals surface area contributed by atoms with E-state index in [0.29, 0.717) is 5.75 Å². The molecule has 1 nitrogen and oxygen atoms in total. The number of hydrogen-bond donors (Lipinski definition) is 0. The first-order chi connectivity index (χ1) is 8.29. The van der Waals surface area contributed by atoms with Gasteiger partial charge in [0, 0.05) is 5.56 Å². The summed E-state index contributed by atoms with van der Waals surface area (Å²) in [7, 11) is 0. The van der Waals surface area contributed by atoms with Gasteiger partial charge in [-0.25, -0.2) is 4.39 Å². The number of ether oxygens (including phenoxy) is 1. The fourth-order valence-electron chi connectivity index (χ4n) is 1.46. The van der Waals surface area contributed by atoms with Crippen molar-refractivity contribution in [1.82, 2.24) is 0 Å². The van der Waals surface area contributed by atoms with Gasteiger partial charge in [0.05, 0.1) is 0 Å². The molecule has 0 N–H and O–H groups in total. The van der Waals surface area contributed by atoms with Gasteiger partial charge in [0.1, 0.15) is 11.6 Å². The molecule has 2 aromatic carbocycles. The molecule has 2 heteroatoms. The Labute approximate surface area is 99.9 Å². The summed E-state index contributed by atoms with van der Waals surface area (Å²) in [5, 5.41) is 0. The molecule has 0 aromatic heterocycles. The van der Waals surface area contributed by atoms with Gasteiger partial charge < -0.3 is 4.74 Å². The van der Waals surface area contributed by atoms with Crippen molar-refractivity contribution in [3.63, 3.8) is 0 Å². The lowest BCUT2D eigenvalue weighted by Crippen LogP contribution is -2.04. The van der Waals surface area contributed by atoms with Gasteiger partial charge in [-0.15, -0.1) is 0 Å². The summed E-state index contributed by atoms with van der Waals surface area (Å²) in [4.78, 5) is 0. The van der Waals surface area contributed by atoms with Crippen LogP contribution in [0.5, 0.6) is 5.75 Å². The van der Waals surface area contributed by atoms with E-state index in [4.69, 9.17) is 11.2 Å². The molecule has 83 valence electrons. The van der Waals surface area contributed by atoms with Gasteiger partial charge in [0.2, 0.25) is 0 Å². The molecule has 0 saturated carbocycles. The Morgan fingerprint density at radius 2 is 1.65 bits per heavy atom. The Balaban J connectivity index is 2.17. The molecular formula is C15H10FO. The Kier molecular flexibility index (Phi) is 3.42. The maximum atomic E-state index is 12.7. The van der Waals surface area contributed by atoms with Crippen LogP contribution in [-0.2, 0) is 0 Å². The SMILES string of the molecule is [C]#C[C@@H](Oc1ccc(F)cc1)c1ccccc1. The van der Waals surface area contributed by atoms with Gasteiger partial charge in [-0.3, -0.25) is 0 Å². The van der Waals surface area contributed by atoms with E-state index in [0.717, 1.165) is 5.56 Å². The van der Waals surface area contributed by atoms with Gasteiger partial charge >= 0.3 is 0 Å². The van der Waals surface area contributed by atoms with Crippen LogP contribution in [0.15, 0.2) is 54.6 Å². The van der Waals surface area contributed by atoms with Crippen LogP contribution in [0.4, 0.5) is 4.39 Å². The monoisotopic (exact) mass is 225 g/mol. The van der Waals surface area contributed by atoms with E-state index in [2.05, 4.69) is 5.92 Å². The van der Waals surface area contributed by atoms with E-state index < -0.39 is 6.10 Å². The lowest BCUT2D eigenvalue weighted by molar-refractivity contribution is 0.264. The van der Waals surface area contributed by atoms with Crippen molar-refractivity contribution < 1.29 is 9.13 Å². The molecule has 1 radical (unpaired) electrons. The second-order valence-corrected chi connectivity index (χ2v) is 3.51. The Bertz CT molecular complexity index is 511. The molecule has 0 bridgehead atoms. The van der Waals surface area contributed by atoms with E-state index in [9.17, 15) is 4.39 Å². The van der Waals surface area contributed by atoms with Crippen molar-refractivity contribution in [2.75, 3.05) is 0 Å². The van der Waals surface area contributed by atoms with Gasteiger partial charge in [0.15, 0.2) is 6.10 Å². The normalized spacial score (nSPS) is 11.5. The number of hydrogen-bond acceptors (Lipinski definition) is 1. The second-order valence-electron chi connectivity index (χ2n) is 3.51. The first-order valence-electron chi connectivity index (χ1n) is 5.19. The fourth-order valence-corrected chi connectivity index (χ4v) is 1.46. The van der Waals surface area contributed by atoms with Crippen LogP contribution in [0.2, 0.25) is 0 Å². The van der Waals surface area contributed by atoms with Crippen LogP contribution in [0.3, 0.4) is 0 Å². The molecule has 1 atom stereocenters. The van der Waals surface area contributed by atoms with Crippen molar-refractivity contribution in [1.29, 1.82) is 0 Å². The zero-order valence-corrected chi connectivity index (χ0v) is 9.06. The molecule has 0 aliphatic carbocycles. The second kappa shape index (κ2) is 5.18. The van der Waals surface area contributed by atoms with Crippen LogP contribution in [0.25, 0.3) is 0 Å². The highest BCUT2D eigenvalue weighted by molar-refractivity contribution is 5.28. The first-order valence-corrected chi connectivity index (χ1v) is 5.19. The highest BCUT2D eigenvalue weighted by atomic mass is 19.1. The van der Waals surface area contributed by atoms with E-state index in [1.807, 2.05) is 30.3 Å². The Morgan fingerprint density at radius 1 is 1.00 bits per heavy atom. The number of rotatable bonds is 3. The Hall–Kier alpha value is -2.27. The van der Waals surface area contributed by atoms with Gasteiger partial charge in [-0.1, -0.05) is 30.3 Å². The third-order valence-corrected chi connectivity index (χ3v) is 2.30. The molecule has 2 aromatic rings. The maximum Gasteiger partial charge on any atom is 0.185 e. The minimum Gasteiger partial charge on any atom is -0.473 e.